The Kier molecular flexibility index (Phi) is 5.87. The van der Waals surface area contributed by atoms with Crippen molar-refractivity contribution in [3.05, 3.63) is 51.8 Å². The molecule has 7 heteroatoms. The fourth-order valence-electron chi connectivity index (χ4n) is 2.65. The van der Waals surface area contributed by atoms with Crippen molar-refractivity contribution in [3.8, 4) is 0 Å². The Labute approximate surface area is 151 Å². The first-order valence-electron chi connectivity index (χ1n) is 7.85. The molecule has 0 fully saturated rings. The summed E-state index contributed by atoms with van der Waals surface area (Å²) >= 11 is 5.80. The normalized spacial score (nSPS) is 13.2. The number of hydrogen-bond donors (Lipinski definition) is 3. The molecule has 2 aromatic rings. The molecule has 0 aliphatic heterocycles. The number of halogens is 1. The maximum absolute atomic E-state index is 12.3. The summed E-state index contributed by atoms with van der Waals surface area (Å²) in [6.07, 6.45) is -1.69. The zero-order chi connectivity index (χ0) is 18.7. The van der Waals surface area contributed by atoms with E-state index in [9.17, 15) is 14.7 Å². The number of ether oxygens (including phenoxy) is 1. The van der Waals surface area contributed by atoms with Gasteiger partial charge in [0.05, 0.1) is 6.10 Å². The number of aryl methyl sites for hydroxylation is 1. The Morgan fingerprint density at radius 1 is 1.20 bits per heavy atom. The molecule has 6 nitrogen and oxygen atoms in total. The Hall–Kier alpha value is -2.31. The first kappa shape index (κ1) is 19.0. The van der Waals surface area contributed by atoms with Gasteiger partial charge in [-0.05, 0) is 57.5 Å². The van der Waals surface area contributed by atoms with E-state index in [4.69, 9.17) is 16.3 Å². The van der Waals surface area contributed by atoms with E-state index in [0.717, 1.165) is 0 Å². The highest BCUT2D eigenvalue weighted by Gasteiger charge is 2.24. The monoisotopic (exact) mass is 364 g/mol. The van der Waals surface area contributed by atoms with Crippen molar-refractivity contribution in [1.82, 2.24) is 4.98 Å². The third-order valence-corrected chi connectivity index (χ3v) is 4.13. The second kappa shape index (κ2) is 7.72. The summed E-state index contributed by atoms with van der Waals surface area (Å²) < 4.78 is 5.23. The molecule has 1 amide bonds. The molecule has 0 unspecified atom stereocenters. The van der Waals surface area contributed by atoms with Crippen molar-refractivity contribution >= 4 is 29.2 Å². The third-order valence-electron chi connectivity index (χ3n) is 3.88. The molecular formula is C18H21ClN2O4. The number of aromatic nitrogens is 1. The van der Waals surface area contributed by atoms with Gasteiger partial charge >= 0.3 is 5.97 Å². The van der Waals surface area contributed by atoms with Gasteiger partial charge < -0.3 is 20.1 Å². The Morgan fingerprint density at radius 3 is 2.32 bits per heavy atom. The number of H-pyrrole nitrogens is 1. The van der Waals surface area contributed by atoms with Crippen molar-refractivity contribution in [1.29, 1.82) is 0 Å². The van der Waals surface area contributed by atoms with Gasteiger partial charge in [0.1, 0.15) is 5.69 Å². The molecule has 0 saturated heterocycles. The summed E-state index contributed by atoms with van der Waals surface area (Å²) in [4.78, 5) is 27.4. The Balaban J connectivity index is 2.06. The first-order chi connectivity index (χ1) is 11.7. The summed E-state index contributed by atoms with van der Waals surface area (Å²) in [7, 11) is 0. The summed E-state index contributed by atoms with van der Waals surface area (Å²) in [5.41, 5.74) is 2.76. The quantitative estimate of drug-likeness (QED) is 0.708. The summed E-state index contributed by atoms with van der Waals surface area (Å²) in [6, 6.07) is 6.61. The number of benzene rings is 1. The van der Waals surface area contributed by atoms with Gasteiger partial charge in [0, 0.05) is 22.0 Å². The minimum atomic E-state index is -0.985. The number of carbonyl (C=O) groups excluding carboxylic acids is 2. The summed E-state index contributed by atoms with van der Waals surface area (Å²) in [5.74, 6) is -1.10. The van der Waals surface area contributed by atoms with E-state index in [1.54, 1.807) is 45.0 Å². The molecule has 0 aliphatic carbocycles. The molecule has 0 spiro atoms. The molecule has 0 saturated carbocycles. The van der Waals surface area contributed by atoms with Gasteiger partial charge in [0.15, 0.2) is 6.10 Å². The number of carbonyl (C=O) groups is 2. The summed E-state index contributed by atoms with van der Waals surface area (Å²) in [5, 5.41) is 13.0. The average Bonchev–Trinajstić information content (AvgIpc) is 2.84. The van der Waals surface area contributed by atoms with E-state index < -0.39 is 24.1 Å². The van der Waals surface area contributed by atoms with Crippen LogP contribution in [0.15, 0.2) is 24.3 Å². The zero-order valence-electron chi connectivity index (χ0n) is 14.5. The highest BCUT2D eigenvalue weighted by molar-refractivity contribution is 6.30. The second-order valence-corrected chi connectivity index (χ2v) is 6.32. The topological polar surface area (TPSA) is 91.4 Å². The molecule has 3 N–H and O–H groups in total. The predicted molar refractivity (Wildman–Crippen MR) is 95.9 cm³/mol. The molecule has 0 radical (unpaired) electrons. The van der Waals surface area contributed by atoms with Crippen LogP contribution in [0.5, 0.6) is 0 Å². The molecule has 2 rings (SSSR count). The lowest BCUT2D eigenvalue weighted by Gasteiger charge is -2.13. The van der Waals surface area contributed by atoms with Gasteiger partial charge in [-0.3, -0.25) is 4.79 Å². The minimum Gasteiger partial charge on any atom is -0.448 e. The van der Waals surface area contributed by atoms with Gasteiger partial charge in [-0.2, -0.15) is 0 Å². The number of aromatic amines is 1. The Morgan fingerprint density at radius 2 is 1.80 bits per heavy atom. The lowest BCUT2D eigenvalue weighted by Crippen LogP contribution is -2.30. The number of rotatable bonds is 5. The van der Waals surface area contributed by atoms with Gasteiger partial charge in [0.25, 0.3) is 5.91 Å². The third kappa shape index (κ3) is 4.41. The second-order valence-electron chi connectivity index (χ2n) is 5.88. The maximum atomic E-state index is 12.3. The van der Waals surface area contributed by atoms with Crippen LogP contribution in [-0.4, -0.2) is 28.1 Å². The molecular weight excluding hydrogens is 344 g/mol. The van der Waals surface area contributed by atoms with Crippen molar-refractivity contribution in [3.63, 3.8) is 0 Å². The van der Waals surface area contributed by atoms with Crippen LogP contribution in [0.4, 0.5) is 5.69 Å². The van der Waals surface area contributed by atoms with E-state index in [1.165, 1.54) is 6.92 Å². The molecule has 1 aromatic carbocycles. The van der Waals surface area contributed by atoms with E-state index in [0.29, 0.717) is 27.5 Å². The van der Waals surface area contributed by atoms with Crippen molar-refractivity contribution in [2.45, 2.75) is 39.9 Å². The van der Waals surface area contributed by atoms with Gasteiger partial charge in [-0.1, -0.05) is 11.6 Å². The molecule has 1 aromatic heterocycles. The maximum Gasteiger partial charge on any atom is 0.355 e. The zero-order valence-corrected chi connectivity index (χ0v) is 15.3. The molecule has 1 heterocycles. The molecule has 2 atom stereocenters. The van der Waals surface area contributed by atoms with Crippen LogP contribution in [-0.2, 0) is 9.53 Å². The van der Waals surface area contributed by atoms with Crippen LogP contribution in [0.25, 0.3) is 0 Å². The molecule has 25 heavy (non-hydrogen) atoms. The SMILES string of the molecule is Cc1[nH]c(C(=O)O[C@H](C)C(=O)Nc2ccc(Cl)cc2)c(C)c1[C@H](C)O. The van der Waals surface area contributed by atoms with Crippen LogP contribution in [0.2, 0.25) is 5.02 Å². The molecule has 0 aliphatic rings. The number of amides is 1. The van der Waals surface area contributed by atoms with Crippen LogP contribution >= 0.6 is 11.6 Å². The fourth-order valence-corrected chi connectivity index (χ4v) is 2.77. The Bertz CT molecular complexity index is 781. The summed E-state index contributed by atoms with van der Waals surface area (Å²) in [6.45, 7) is 6.60. The minimum absolute atomic E-state index is 0.236. The number of anilines is 1. The van der Waals surface area contributed by atoms with E-state index in [-0.39, 0.29) is 5.69 Å². The van der Waals surface area contributed by atoms with E-state index in [2.05, 4.69) is 10.3 Å². The lowest BCUT2D eigenvalue weighted by molar-refractivity contribution is -0.123. The van der Waals surface area contributed by atoms with Crippen molar-refractivity contribution < 1.29 is 19.4 Å². The lowest BCUT2D eigenvalue weighted by atomic mass is 10.1. The smallest absolute Gasteiger partial charge is 0.355 e. The standard InChI is InChI=1S/C18H21ClN2O4/c1-9-15(11(3)22)10(2)20-16(9)18(24)25-12(4)17(23)21-14-7-5-13(19)6-8-14/h5-8,11-12,20,22H,1-4H3,(H,21,23)/t11-,12+/m0/s1. The molecule has 134 valence electrons. The average molecular weight is 365 g/mol. The van der Waals surface area contributed by atoms with Crippen LogP contribution in [0, 0.1) is 13.8 Å². The number of aliphatic hydroxyl groups excluding tert-OH is 1. The highest BCUT2D eigenvalue weighted by Crippen LogP contribution is 2.25. The largest absolute Gasteiger partial charge is 0.448 e. The fraction of sp³-hybridized carbons (Fsp3) is 0.333. The van der Waals surface area contributed by atoms with Gasteiger partial charge in [0.2, 0.25) is 0 Å². The van der Waals surface area contributed by atoms with Crippen LogP contribution < -0.4 is 5.32 Å². The number of aliphatic hydroxyl groups is 1. The van der Waals surface area contributed by atoms with Crippen molar-refractivity contribution in [2.75, 3.05) is 5.32 Å². The van der Waals surface area contributed by atoms with Gasteiger partial charge in [-0.25, -0.2) is 4.79 Å². The van der Waals surface area contributed by atoms with Crippen molar-refractivity contribution in [2.24, 2.45) is 0 Å². The molecule has 0 bridgehead atoms. The highest BCUT2D eigenvalue weighted by atomic mass is 35.5. The van der Waals surface area contributed by atoms with E-state index in [1.807, 2.05) is 0 Å². The first-order valence-corrected chi connectivity index (χ1v) is 8.23. The van der Waals surface area contributed by atoms with Crippen LogP contribution in [0.3, 0.4) is 0 Å². The number of hydrogen-bond acceptors (Lipinski definition) is 4. The number of esters is 1. The number of nitrogens with one attached hydrogen (secondary N) is 2. The van der Waals surface area contributed by atoms with Gasteiger partial charge in [-0.15, -0.1) is 0 Å². The van der Waals surface area contributed by atoms with Crippen LogP contribution in [0.1, 0.15) is 47.3 Å². The van der Waals surface area contributed by atoms with E-state index >= 15 is 0 Å². The predicted octanol–water partition coefficient (Wildman–Crippen LogP) is 3.52.